The van der Waals surface area contributed by atoms with E-state index in [1.807, 2.05) is 18.2 Å². The Morgan fingerprint density at radius 2 is 1.67 bits per heavy atom. The number of benzene rings is 1. The van der Waals surface area contributed by atoms with Gasteiger partial charge in [-0.15, -0.1) is 0 Å². The first-order valence-corrected chi connectivity index (χ1v) is 8.92. The second kappa shape index (κ2) is 5.70. The van der Waals surface area contributed by atoms with Gasteiger partial charge in [-0.3, -0.25) is 18.3 Å². The molecule has 7 heteroatoms. The molecule has 0 aliphatic heterocycles. The minimum atomic E-state index is -0.372. The van der Waals surface area contributed by atoms with Gasteiger partial charge in [0, 0.05) is 25.5 Å². The molecule has 0 aliphatic rings. The third-order valence-electron chi connectivity index (χ3n) is 5.58. The summed E-state index contributed by atoms with van der Waals surface area (Å²) in [5, 5.41) is 0. The van der Waals surface area contributed by atoms with Gasteiger partial charge in [-0.25, -0.2) is 4.79 Å². The van der Waals surface area contributed by atoms with Crippen LogP contribution < -0.4 is 11.2 Å². The number of imidazole rings is 2. The molecular formula is C20H23N5O2. The summed E-state index contributed by atoms with van der Waals surface area (Å²) < 4.78 is 6.55. The highest BCUT2D eigenvalue weighted by molar-refractivity contribution is 5.76. The fraction of sp³-hybridized carbons (Fsp3) is 0.350. The fourth-order valence-electron chi connectivity index (χ4n) is 3.72. The van der Waals surface area contributed by atoms with Crippen molar-refractivity contribution in [2.24, 2.45) is 14.1 Å². The van der Waals surface area contributed by atoms with Crippen molar-refractivity contribution in [3.8, 4) is 0 Å². The summed E-state index contributed by atoms with van der Waals surface area (Å²) in [7, 11) is 3.15. The average Bonchev–Trinajstić information content (AvgIpc) is 3.13. The molecule has 27 heavy (non-hydrogen) atoms. The smallest absolute Gasteiger partial charge is 0.309 e. The summed E-state index contributed by atoms with van der Waals surface area (Å²) in [5.41, 5.74) is 5.79. The number of hydrogen-bond donors (Lipinski definition) is 0. The van der Waals surface area contributed by atoms with Gasteiger partial charge in [0.25, 0.3) is 5.56 Å². The number of aromatic nitrogens is 5. The molecule has 0 saturated carbocycles. The van der Waals surface area contributed by atoms with Crippen molar-refractivity contribution in [3.63, 3.8) is 0 Å². The second-order valence-corrected chi connectivity index (χ2v) is 7.31. The van der Waals surface area contributed by atoms with Gasteiger partial charge < -0.3 is 4.57 Å². The maximum atomic E-state index is 12.8. The molecule has 3 aromatic heterocycles. The zero-order valence-electron chi connectivity index (χ0n) is 16.5. The van der Waals surface area contributed by atoms with Crippen LogP contribution in [0.15, 0.2) is 27.8 Å². The lowest BCUT2D eigenvalue weighted by Crippen LogP contribution is -2.37. The molecule has 0 saturated heterocycles. The minimum Gasteiger partial charge on any atom is -0.309 e. The first-order valence-electron chi connectivity index (χ1n) is 8.92. The Balaban J connectivity index is 2.09. The van der Waals surface area contributed by atoms with E-state index in [1.54, 1.807) is 7.05 Å². The van der Waals surface area contributed by atoms with Crippen LogP contribution in [0.4, 0.5) is 0 Å². The van der Waals surface area contributed by atoms with Gasteiger partial charge in [0.05, 0.1) is 6.54 Å². The molecule has 140 valence electrons. The quantitative estimate of drug-likeness (QED) is 0.545. The summed E-state index contributed by atoms with van der Waals surface area (Å²) in [6.45, 7) is 8.85. The summed E-state index contributed by atoms with van der Waals surface area (Å²) in [5.74, 6) is 0.680. The summed E-state index contributed by atoms with van der Waals surface area (Å²) in [4.78, 5) is 29.8. The van der Waals surface area contributed by atoms with Crippen molar-refractivity contribution in [1.29, 1.82) is 0 Å². The van der Waals surface area contributed by atoms with Crippen molar-refractivity contribution in [3.05, 3.63) is 67.1 Å². The summed E-state index contributed by atoms with van der Waals surface area (Å²) in [6, 6.07) is 6.40. The zero-order valence-corrected chi connectivity index (χ0v) is 16.5. The molecule has 0 fully saturated rings. The lowest BCUT2D eigenvalue weighted by atomic mass is 10.1. The van der Waals surface area contributed by atoms with E-state index in [4.69, 9.17) is 0 Å². The minimum absolute atomic E-state index is 0.326. The van der Waals surface area contributed by atoms with E-state index >= 15 is 0 Å². The van der Waals surface area contributed by atoms with Crippen LogP contribution in [0.5, 0.6) is 0 Å². The SMILES string of the molecule is Cc1ccc(C)c(Cn2c(C)c(C)n3c4c(=O)n(C)c(=O)n(C)c4nc23)c1. The number of fused-ring (bicyclic) bond motifs is 3. The van der Waals surface area contributed by atoms with E-state index in [-0.39, 0.29) is 11.2 Å². The monoisotopic (exact) mass is 365 g/mol. The van der Waals surface area contributed by atoms with Gasteiger partial charge >= 0.3 is 5.69 Å². The number of hydrogen-bond acceptors (Lipinski definition) is 3. The van der Waals surface area contributed by atoms with Crippen LogP contribution in [0.1, 0.15) is 28.1 Å². The molecule has 0 spiro atoms. The predicted octanol–water partition coefficient (Wildman–Crippen LogP) is 1.97. The van der Waals surface area contributed by atoms with Crippen LogP contribution in [-0.2, 0) is 20.6 Å². The van der Waals surface area contributed by atoms with E-state index < -0.39 is 0 Å². The molecule has 1 aromatic carbocycles. The first-order chi connectivity index (χ1) is 12.7. The standard InChI is InChI=1S/C20H23N5O2/c1-11-7-8-12(2)15(9-11)10-24-13(3)14(4)25-16-17(21-19(24)25)22(5)20(27)23(6)18(16)26/h7-9H,10H2,1-6H3. The Kier molecular flexibility index (Phi) is 3.66. The van der Waals surface area contributed by atoms with Crippen LogP contribution >= 0.6 is 0 Å². The third-order valence-corrected chi connectivity index (χ3v) is 5.58. The molecule has 3 heterocycles. The largest absolute Gasteiger partial charge is 0.332 e. The first kappa shape index (κ1) is 17.3. The van der Waals surface area contributed by atoms with Gasteiger partial charge in [0.2, 0.25) is 5.78 Å². The molecule has 0 unspecified atom stereocenters. The van der Waals surface area contributed by atoms with Crippen LogP contribution in [0.2, 0.25) is 0 Å². The Hall–Kier alpha value is -3.09. The fourth-order valence-corrected chi connectivity index (χ4v) is 3.72. The van der Waals surface area contributed by atoms with E-state index in [1.165, 1.54) is 28.3 Å². The summed E-state index contributed by atoms with van der Waals surface area (Å²) in [6.07, 6.45) is 0. The lowest BCUT2D eigenvalue weighted by molar-refractivity contribution is 0.707. The van der Waals surface area contributed by atoms with Crippen LogP contribution in [0, 0.1) is 27.7 Å². The molecule has 7 nitrogen and oxygen atoms in total. The molecule has 4 rings (SSSR count). The van der Waals surface area contributed by atoms with Crippen LogP contribution in [0.3, 0.4) is 0 Å². The van der Waals surface area contributed by atoms with E-state index in [0.717, 1.165) is 16.0 Å². The maximum absolute atomic E-state index is 12.8. The molecule has 0 aliphatic carbocycles. The topological polar surface area (TPSA) is 66.2 Å². The van der Waals surface area contributed by atoms with Crippen molar-refractivity contribution in [1.82, 2.24) is 23.1 Å². The third kappa shape index (κ3) is 2.31. The van der Waals surface area contributed by atoms with Crippen molar-refractivity contribution < 1.29 is 0 Å². The molecule has 4 aromatic rings. The molecule has 0 amide bonds. The zero-order chi connectivity index (χ0) is 19.6. The summed E-state index contributed by atoms with van der Waals surface area (Å²) >= 11 is 0. The van der Waals surface area contributed by atoms with Crippen molar-refractivity contribution in [2.75, 3.05) is 0 Å². The number of rotatable bonds is 2. The van der Waals surface area contributed by atoms with Crippen molar-refractivity contribution in [2.45, 2.75) is 34.2 Å². The van der Waals surface area contributed by atoms with Gasteiger partial charge in [0.1, 0.15) is 0 Å². The van der Waals surface area contributed by atoms with Crippen molar-refractivity contribution >= 4 is 16.9 Å². The Morgan fingerprint density at radius 3 is 2.37 bits per heavy atom. The molecule has 0 N–H and O–H groups in total. The molecular weight excluding hydrogens is 342 g/mol. The number of nitrogens with zero attached hydrogens (tertiary/aromatic N) is 5. The second-order valence-electron chi connectivity index (χ2n) is 7.31. The molecule has 0 atom stereocenters. The van der Waals surface area contributed by atoms with Gasteiger partial charge in [0.15, 0.2) is 11.2 Å². The Morgan fingerprint density at radius 1 is 0.963 bits per heavy atom. The van der Waals surface area contributed by atoms with Gasteiger partial charge in [-0.05, 0) is 38.8 Å². The van der Waals surface area contributed by atoms with E-state index in [0.29, 0.717) is 23.5 Å². The average molecular weight is 365 g/mol. The normalized spacial score (nSPS) is 11.8. The van der Waals surface area contributed by atoms with E-state index in [2.05, 4.69) is 41.6 Å². The lowest BCUT2D eigenvalue weighted by Gasteiger charge is -2.10. The highest BCUT2D eigenvalue weighted by Crippen LogP contribution is 2.23. The maximum Gasteiger partial charge on any atom is 0.332 e. The highest BCUT2D eigenvalue weighted by atomic mass is 16.2. The Labute approximate surface area is 156 Å². The Bertz CT molecular complexity index is 1350. The van der Waals surface area contributed by atoms with Gasteiger partial charge in [-0.1, -0.05) is 23.8 Å². The van der Waals surface area contributed by atoms with Gasteiger partial charge in [-0.2, -0.15) is 4.98 Å². The van der Waals surface area contributed by atoms with Crippen LogP contribution in [0.25, 0.3) is 16.9 Å². The van der Waals surface area contributed by atoms with Crippen LogP contribution in [-0.4, -0.2) is 23.1 Å². The van der Waals surface area contributed by atoms with E-state index in [9.17, 15) is 9.59 Å². The highest BCUT2D eigenvalue weighted by Gasteiger charge is 2.21. The predicted molar refractivity (Wildman–Crippen MR) is 106 cm³/mol. The molecule has 0 radical (unpaired) electrons. The molecule has 0 bridgehead atoms. The number of aryl methyl sites for hydroxylation is 4.